The van der Waals surface area contributed by atoms with E-state index in [0.717, 1.165) is 22.6 Å². The average molecular weight is 272 g/mol. The first-order valence-corrected chi connectivity index (χ1v) is 6.44. The maximum Gasteiger partial charge on any atom is 0.124 e. The van der Waals surface area contributed by atoms with Crippen LogP contribution in [0.2, 0.25) is 0 Å². The second kappa shape index (κ2) is 6.41. The topological polar surface area (TPSA) is 56.5 Å². The van der Waals surface area contributed by atoms with E-state index in [1.807, 2.05) is 30.3 Å². The Morgan fingerprint density at radius 1 is 1.00 bits per heavy atom. The van der Waals surface area contributed by atoms with E-state index >= 15 is 0 Å². The summed E-state index contributed by atoms with van der Waals surface area (Å²) >= 11 is 0. The second-order valence-electron chi connectivity index (χ2n) is 4.56. The summed E-state index contributed by atoms with van der Waals surface area (Å²) in [5.74, 6) is 7.32. The third-order valence-corrected chi connectivity index (χ3v) is 3.41. The predicted molar refractivity (Wildman–Crippen MR) is 79.9 cm³/mol. The lowest BCUT2D eigenvalue weighted by atomic mass is 9.94. The van der Waals surface area contributed by atoms with Crippen LogP contribution in [0.3, 0.4) is 0 Å². The Balaban J connectivity index is 2.54. The van der Waals surface area contributed by atoms with Crippen molar-refractivity contribution in [3.63, 3.8) is 0 Å². The lowest BCUT2D eigenvalue weighted by molar-refractivity contribution is 0.394. The molecule has 4 heteroatoms. The Morgan fingerprint density at radius 3 is 2.35 bits per heavy atom. The summed E-state index contributed by atoms with van der Waals surface area (Å²) < 4.78 is 10.7. The van der Waals surface area contributed by atoms with Gasteiger partial charge in [0, 0.05) is 5.56 Å². The van der Waals surface area contributed by atoms with Gasteiger partial charge in [-0.2, -0.15) is 0 Å². The average Bonchev–Trinajstić information content (AvgIpc) is 2.49. The summed E-state index contributed by atoms with van der Waals surface area (Å²) in [6.45, 7) is 2.06. The molecule has 3 N–H and O–H groups in total. The lowest BCUT2D eigenvalue weighted by Crippen LogP contribution is -2.29. The standard InChI is InChI=1S/C16H20N2O2/c1-11-6-4-5-7-13(11)16(18-17)14-10-12(19-2)8-9-15(14)20-3/h4-10,16,18H,17H2,1-3H3. The molecule has 2 rings (SSSR count). The summed E-state index contributed by atoms with van der Waals surface area (Å²) in [6.07, 6.45) is 0. The molecule has 0 aliphatic rings. The summed E-state index contributed by atoms with van der Waals surface area (Å²) in [6, 6.07) is 13.7. The number of hydrogen-bond donors (Lipinski definition) is 2. The minimum absolute atomic E-state index is 0.152. The minimum atomic E-state index is -0.152. The van der Waals surface area contributed by atoms with E-state index < -0.39 is 0 Å². The lowest BCUT2D eigenvalue weighted by Gasteiger charge is -2.21. The van der Waals surface area contributed by atoms with Crippen LogP contribution in [0.4, 0.5) is 0 Å². The fraction of sp³-hybridized carbons (Fsp3) is 0.250. The fourth-order valence-corrected chi connectivity index (χ4v) is 2.32. The quantitative estimate of drug-likeness (QED) is 0.649. The molecule has 2 aromatic rings. The second-order valence-corrected chi connectivity index (χ2v) is 4.56. The molecule has 0 bridgehead atoms. The van der Waals surface area contributed by atoms with Gasteiger partial charge in [0.2, 0.25) is 0 Å². The van der Waals surface area contributed by atoms with Crippen LogP contribution >= 0.6 is 0 Å². The van der Waals surface area contributed by atoms with Crippen molar-refractivity contribution in [1.29, 1.82) is 0 Å². The van der Waals surface area contributed by atoms with Crippen molar-refractivity contribution in [2.24, 2.45) is 5.84 Å². The maximum atomic E-state index is 5.77. The van der Waals surface area contributed by atoms with Crippen molar-refractivity contribution >= 4 is 0 Å². The Bertz CT molecular complexity index is 584. The van der Waals surface area contributed by atoms with Gasteiger partial charge in [0.25, 0.3) is 0 Å². The van der Waals surface area contributed by atoms with Gasteiger partial charge in [0.05, 0.1) is 20.3 Å². The number of nitrogens with two attached hydrogens (primary N) is 1. The van der Waals surface area contributed by atoms with Crippen LogP contribution in [-0.4, -0.2) is 14.2 Å². The monoisotopic (exact) mass is 272 g/mol. The van der Waals surface area contributed by atoms with Gasteiger partial charge in [0.1, 0.15) is 11.5 Å². The van der Waals surface area contributed by atoms with Crippen LogP contribution in [0, 0.1) is 6.92 Å². The van der Waals surface area contributed by atoms with Gasteiger partial charge >= 0.3 is 0 Å². The Morgan fingerprint density at radius 2 is 1.75 bits per heavy atom. The number of rotatable bonds is 5. The summed E-state index contributed by atoms with van der Waals surface area (Å²) in [5.41, 5.74) is 6.09. The molecule has 0 amide bonds. The highest BCUT2D eigenvalue weighted by atomic mass is 16.5. The van der Waals surface area contributed by atoms with Crippen molar-refractivity contribution in [3.05, 3.63) is 59.2 Å². The van der Waals surface area contributed by atoms with Crippen LogP contribution in [0.5, 0.6) is 11.5 Å². The van der Waals surface area contributed by atoms with Crippen LogP contribution in [0.25, 0.3) is 0 Å². The van der Waals surface area contributed by atoms with Gasteiger partial charge in [-0.3, -0.25) is 5.84 Å². The summed E-state index contributed by atoms with van der Waals surface area (Å²) in [7, 11) is 3.29. The smallest absolute Gasteiger partial charge is 0.124 e. The Labute approximate surface area is 119 Å². The summed E-state index contributed by atoms with van der Waals surface area (Å²) in [5, 5.41) is 0. The molecule has 0 aromatic heterocycles. The minimum Gasteiger partial charge on any atom is -0.497 e. The zero-order chi connectivity index (χ0) is 14.5. The molecule has 20 heavy (non-hydrogen) atoms. The maximum absolute atomic E-state index is 5.77. The summed E-state index contributed by atoms with van der Waals surface area (Å²) in [4.78, 5) is 0. The van der Waals surface area contributed by atoms with Crippen LogP contribution in [0.1, 0.15) is 22.7 Å². The Kier molecular flexibility index (Phi) is 4.61. The number of nitrogens with one attached hydrogen (secondary N) is 1. The van der Waals surface area contributed by atoms with Crippen molar-refractivity contribution in [1.82, 2.24) is 5.43 Å². The molecule has 0 heterocycles. The van der Waals surface area contributed by atoms with E-state index in [1.165, 1.54) is 5.56 Å². The molecule has 1 unspecified atom stereocenters. The van der Waals surface area contributed by atoms with Gasteiger partial charge in [-0.25, -0.2) is 5.43 Å². The van der Waals surface area contributed by atoms with Crippen molar-refractivity contribution < 1.29 is 9.47 Å². The number of hydrogen-bond acceptors (Lipinski definition) is 4. The molecule has 1 atom stereocenters. The van der Waals surface area contributed by atoms with Gasteiger partial charge in [0.15, 0.2) is 0 Å². The molecule has 2 aromatic carbocycles. The molecule has 0 aliphatic carbocycles. The molecule has 106 valence electrons. The van der Waals surface area contributed by atoms with Gasteiger partial charge in [-0.1, -0.05) is 24.3 Å². The number of hydrazine groups is 1. The number of methoxy groups -OCH3 is 2. The molecule has 0 spiro atoms. The highest BCUT2D eigenvalue weighted by molar-refractivity contribution is 5.47. The number of benzene rings is 2. The number of ether oxygens (including phenoxy) is 2. The van der Waals surface area contributed by atoms with Crippen molar-refractivity contribution in [2.45, 2.75) is 13.0 Å². The molecule has 0 radical (unpaired) electrons. The normalized spacial score (nSPS) is 12.0. The molecule has 0 aliphatic heterocycles. The zero-order valence-electron chi connectivity index (χ0n) is 12.0. The highest BCUT2D eigenvalue weighted by Crippen LogP contribution is 2.33. The van der Waals surface area contributed by atoms with Crippen LogP contribution in [0.15, 0.2) is 42.5 Å². The largest absolute Gasteiger partial charge is 0.497 e. The van der Waals surface area contributed by atoms with Gasteiger partial charge in [-0.05, 0) is 36.2 Å². The van der Waals surface area contributed by atoms with Crippen LogP contribution < -0.4 is 20.7 Å². The molecule has 4 nitrogen and oxygen atoms in total. The Hall–Kier alpha value is -2.04. The molecular formula is C16H20N2O2. The van der Waals surface area contributed by atoms with E-state index in [4.69, 9.17) is 15.3 Å². The van der Waals surface area contributed by atoms with E-state index in [0.29, 0.717) is 0 Å². The van der Waals surface area contributed by atoms with E-state index in [1.54, 1.807) is 14.2 Å². The number of aryl methyl sites for hydroxylation is 1. The van der Waals surface area contributed by atoms with Gasteiger partial charge in [-0.15, -0.1) is 0 Å². The molecule has 0 fully saturated rings. The first-order chi connectivity index (χ1) is 9.71. The van der Waals surface area contributed by atoms with E-state index in [2.05, 4.69) is 24.5 Å². The highest BCUT2D eigenvalue weighted by Gasteiger charge is 2.19. The molecular weight excluding hydrogens is 252 g/mol. The predicted octanol–water partition coefficient (Wildman–Crippen LogP) is 2.56. The first kappa shape index (κ1) is 14.4. The molecule has 0 saturated carbocycles. The zero-order valence-corrected chi connectivity index (χ0v) is 12.0. The van der Waals surface area contributed by atoms with E-state index in [9.17, 15) is 0 Å². The molecule has 0 saturated heterocycles. The fourth-order valence-electron chi connectivity index (χ4n) is 2.32. The first-order valence-electron chi connectivity index (χ1n) is 6.44. The van der Waals surface area contributed by atoms with E-state index in [-0.39, 0.29) is 6.04 Å². The van der Waals surface area contributed by atoms with Crippen molar-refractivity contribution in [3.8, 4) is 11.5 Å². The third kappa shape index (κ3) is 2.76. The van der Waals surface area contributed by atoms with Crippen molar-refractivity contribution in [2.75, 3.05) is 14.2 Å². The van der Waals surface area contributed by atoms with Crippen LogP contribution in [-0.2, 0) is 0 Å². The third-order valence-electron chi connectivity index (χ3n) is 3.41. The van der Waals surface area contributed by atoms with Gasteiger partial charge < -0.3 is 9.47 Å². The SMILES string of the molecule is COc1ccc(OC)c(C(NN)c2ccccc2C)c1.